The smallest absolute Gasteiger partial charge is 0.138 e. The van der Waals surface area contributed by atoms with Crippen LogP contribution in [0.1, 0.15) is 31.0 Å². The average Bonchev–Trinajstić information content (AvgIpc) is 3.36. The number of pyridine rings is 3. The normalized spacial score (nSPS) is 15.0. The monoisotopic (exact) mass is 497 g/mol. The van der Waals surface area contributed by atoms with Crippen LogP contribution in [-0.4, -0.2) is 68.5 Å². The van der Waals surface area contributed by atoms with Gasteiger partial charge in [-0.1, -0.05) is 19.4 Å². The maximum Gasteiger partial charge on any atom is 0.138 e. The van der Waals surface area contributed by atoms with Crippen molar-refractivity contribution in [2.24, 2.45) is 0 Å². The van der Waals surface area contributed by atoms with Crippen molar-refractivity contribution in [3.05, 3.63) is 72.4 Å². The Morgan fingerprint density at radius 2 is 1.97 bits per heavy atom. The summed E-state index contributed by atoms with van der Waals surface area (Å²) in [5, 5.41) is 24.1. The van der Waals surface area contributed by atoms with Crippen molar-refractivity contribution in [1.29, 1.82) is 5.26 Å². The first kappa shape index (κ1) is 24.7. The minimum atomic E-state index is -0.526. The van der Waals surface area contributed by atoms with E-state index < -0.39 is 6.10 Å². The Balaban J connectivity index is 1.32. The number of rotatable bonds is 9. The fraction of sp³-hybridized carbons (Fsp3) is 0.357. The van der Waals surface area contributed by atoms with E-state index in [1.807, 2.05) is 49.6 Å². The van der Waals surface area contributed by atoms with Gasteiger partial charge in [-0.25, -0.2) is 9.50 Å². The van der Waals surface area contributed by atoms with Crippen molar-refractivity contribution in [3.8, 4) is 22.9 Å². The van der Waals surface area contributed by atoms with Crippen LogP contribution in [0.5, 0.6) is 5.75 Å². The summed E-state index contributed by atoms with van der Waals surface area (Å²) in [5.41, 5.74) is 3.98. The number of aliphatic hydroxyl groups is 1. The zero-order chi connectivity index (χ0) is 25.6. The van der Waals surface area contributed by atoms with Crippen LogP contribution in [0.25, 0.3) is 16.6 Å². The quantitative estimate of drug-likeness (QED) is 0.375. The van der Waals surface area contributed by atoms with Gasteiger partial charge in [-0.05, 0) is 36.8 Å². The molecule has 9 heteroatoms. The highest BCUT2D eigenvalue weighted by atomic mass is 16.5. The zero-order valence-corrected chi connectivity index (χ0v) is 21.0. The third kappa shape index (κ3) is 5.71. The van der Waals surface area contributed by atoms with Crippen LogP contribution in [-0.2, 0) is 6.54 Å². The lowest BCUT2D eigenvalue weighted by molar-refractivity contribution is 0.0991. The third-order valence-corrected chi connectivity index (χ3v) is 6.64. The molecule has 1 aliphatic rings. The molecule has 1 aliphatic heterocycles. The van der Waals surface area contributed by atoms with Gasteiger partial charge >= 0.3 is 0 Å². The molecule has 5 heterocycles. The SMILES string of the molecule is CCC[C@@H](O)COc1cc(-c2ccc(N3CCN(Cc4ccccn4)CC3)nc2)c2c(C#N)cnn2c1. The van der Waals surface area contributed by atoms with Crippen LogP contribution in [0.4, 0.5) is 5.82 Å². The predicted molar refractivity (Wildman–Crippen MR) is 141 cm³/mol. The molecule has 37 heavy (non-hydrogen) atoms. The second-order valence-corrected chi connectivity index (χ2v) is 9.30. The Hall–Kier alpha value is -4.00. The van der Waals surface area contributed by atoms with E-state index in [1.165, 1.54) is 0 Å². The number of piperazine rings is 1. The van der Waals surface area contributed by atoms with Crippen molar-refractivity contribution in [2.45, 2.75) is 32.4 Å². The minimum absolute atomic E-state index is 0.203. The maximum absolute atomic E-state index is 10.1. The summed E-state index contributed by atoms with van der Waals surface area (Å²) in [4.78, 5) is 13.9. The number of aromatic nitrogens is 4. The van der Waals surface area contributed by atoms with E-state index in [0.717, 1.165) is 61.8 Å². The summed E-state index contributed by atoms with van der Waals surface area (Å²) < 4.78 is 7.53. The Morgan fingerprint density at radius 1 is 1.11 bits per heavy atom. The molecule has 4 aromatic heterocycles. The molecule has 1 atom stereocenters. The van der Waals surface area contributed by atoms with Gasteiger partial charge in [-0.2, -0.15) is 10.4 Å². The number of ether oxygens (including phenoxy) is 1. The number of aliphatic hydroxyl groups excluding tert-OH is 1. The molecule has 0 aliphatic carbocycles. The summed E-state index contributed by atoms with van der Waals surface area (Å²) in [7, 11) is 0. The van der Waals surface area contributed by atoms with Gasteiger partial charge in [0.2, 0.25) is 0 Å². The van der Waals surface area contributed by atoms with Gasteiger partial charge < -0.3 is 14.7 Å². The van der Waals surface area contributed by atoms with Gasteiger partial charge in [0.1, 0.15) is 24.2 Å². The van der Waals surface area contributed by atoms with E-state index >= 15 is 0 Å². The second kappa shape index (κ2) is 11.4. The zero-order valence-electron chi connectivity index (χ0n) is 21.0. The molecule has 0 saturated carbocycles. The van der Waals surface area contributed by atoms with E-state index in [2.05, 4.69) is 32.0 Å². The molecule has 9 nitrogen and oxygen atoms in total. The van der Waals surface area contributed by atoms with E-state index in [1.54, 1.807) is 16.9 Å². The highest BCUT2D eigenvalue weighted by Gasteiger charge is 2.19. The van der Waals surface area contributed by atoms with Crippen LogP contribution in [0, 0.1) is 11.3 Å². The van der Waals surface area contributed by atoms with Crippen LogP contribution >= 0.6 is 0 Å². The van der Waals surface area contributed by atoms with E-state index in [4.69, 9.17) is 9.72 Å². The largest absolute Gasteiger partial charge is 0.489 e. The molecule has 0 unspecified atom stereocenters. The molecule has 0 radical (unpaired) electrons. The Morgan fingerprint density at radius 3 is 2.68 bits per heavy atom. The summed E-state index contributed by atoms with van der Waals surface area (Å²) >= 11 is 0. The molecule has 0 bridgehead atoms. The predicted octanol–water partition coefficient (Wildman–Crippen LogP) is 3.52. The standard InChI is InChI=1S/C28H31N7O2/c1-2-5-24(36)20-37-25-14-26(28-22(15-29)17-32-35(28)19-25)21-7-8-27(31-16-21)34-12-10-33(11-13-34)18-23-6-3-4-9-30-23/h3-4,6-9,14,16-17,19,24,36H,2,5,10-13,18,20H2,1H3/t24-/m1/s1. The van der Waals surface area contributed by atoms with Crippen molar-refractivity contribution in [2.75, 3.05) is 37.7 Å². The molecule has 0 spiro atoms. The van der Waals surface area contributed by atoms with E-state index in [-0.39, 0.29) is 6.61 Å². The molecule has 190 valence electrons. The van der Waals surface area contributed by atoms with Crippen LogP contribution in [0.15, 0.2) is 61.2 Å². The Kier molecular flexibility index (Phi) is 7.59. The van der Waals surface area contributed by atoms with Crippen molar-refractivity contribution in [3.63, 3.8) is 0 Å². The first-order chi connectivity index (χ1) is 18.1. The van der Waals surface area contributed by atoms with Crippen LogP contribution in [0.2, 0.25) is 0 Å². The van der Waals surface area contributed by atoms with Gasteiger partial charge in [0, 0.05) is 56.2 Å². The first-order valence-corrected chi connectivity index (χ1v) is 12.7. The minimum Gasteiger partial charge on any atom is -0.489 e. The molecule has 1 fully saturated rings. The van der Waals surface area contributed by atoms with Crippen LogP contribution < -0.4 is 9.64 Å². The summed E-state index contributed by atoms with van der Waals surface area (Å²) in [6.07, 6.45) is 8.02. The molecular formula is C28H31N7O2. The second-order valence-electron chi connectivity index (χ2n) is 9.30. The van der Waals surface area contributed by atoms with Gasteiger partial charge in [0.25, 0.3) is 0 Å². The average molecular weight is 498 g/mol. The summed E-state index contributed by atoms with van der Waals surface area (Å²) in [5.74, 6) is 1.51. The number of anilines is 1. The number of hydrogen-bond acceptors (Lipinski definition) is 8. The topological polar surface area (TPSA) is 103 Å². The Labute approximate surface area is 216 Å². The van der Waals surface area contributed by atoms with Gasteiger partial charge in [0.05, 0.1) is 35.3 Å². The van der Waals surface area contributed by atoms with Gasteiger partial charge in [-0.15, -0.1) is 0 Å². The first-order valence-electron chi connectivity index (χ1n) is 12.7. The highest BCUT2D eigenvalue weighted by Crippen LogP contribution is 2.31. The molecule has 0 amide bonds. The summed E-state index contributed by atoms with van der Waals surface area (Å²) in [6, 6.07) is 14.2. The van der Waals surface area contributed by atoms with Crippen molar-refractivity contribution in [1.82, 2.24) is 24.5 Å². The molecule has 4 aromatic rings. The van der Waals surface area contributed by atoms with Gasteiger partial charge in [-0.3, -0.25) is 9.88 Å². The lowest BCUT2D eigenvalue weighted by atomic mass is 10.1. The molecular weight excluding hydrogens is 466 g/mol. The number of hydrogen-bond donors (Lipinski definition) is 1. The lowest BCUT2D eigenvalue weighted by Gasteiger charge is -2.35. The maximum atomic E-state index is 10.1. The highest BCUT2D eigenvalue weighted by molar-refractivity contribution is 5.85. The lowest BCUT2D eigenvalue weighted by Crippen LogP contribution is -2.46. The number of fused-ring (bicyclic) bond motifs is 1. The number of nitriles is 1. The molecule has 1 N–H and O–H groups in total. The number of nitrogens with zero attached hydrogens (tertiary/aromatic N) is 7. The van der Waals surface area contributed by atoms with Gasteiger partial charge in [0.15, 0.2) is 0 Å². The van der Waals surface area contributed by atoms with Crippen LogP contribution in [0.3, 0.4) is 0 Å². The Bertz CT molecular complexity index is 1360. The van der Waals surface area contributed by atoms with E-state index in [0.29, 0.717) is 23.3 Å². The third-order valence-electron chi connectivity index (χ3n) is 6.64. The van der Waals surface area contributed by atoms with Crippen molar-refractivity contribution >= 4 is 11.3 Å². The molecule has 1 saturated heterocycles. The van der Waals surface area contributed by atoms with E-state index in [9.17, 15) is 10.4 Å². The van der Waals surface area contributed by atoms with Crippen molar-refractivity contribution < 1.29 is 9.84 Å². The fourth-order valence-corrected chi connectivity index (χ4v) is 4.68. The molecule has 5 rings (SSSR count). The summed E-state index contributed by atoms with van der Waals surface area (Å²) in [6.45, 7) is 6.78. The fourth-order valence-electron chi connectivity index (χ4n) is 4.68. The molecule has 0 aromatic carbocycles.